The average molecular weight is 294 g/mol. The molecule has 21 heavy (non-hydrogen) atoms. The second kappa shape index (κ2) is 6.78. The first kappa shape index (κ1) is 14.9. The van der Waals surface area contributed by atoms with Gasteiger partial charge in [0.25, 0.3) is 0 Å². The highest BCUT2D eigenvalue weighted by molar-refractivity contribution is 5.70. The second-order valence-corrected chi connectivity index (χ2v) is 4.19. The van der Waals surface area contributed by atoms with Gasteiger partial charge in [-0.15, -0.1) is 0 Å². The molecule has 0 saturated heterocycles. The minimum absolute atomic E-state index is 0.0716. The molecule has 0 fully saturated rings. The van der Waals surface area contributed by atoms with Crippen LogP contribution in [0.3, 0.4) is 0 Å². The maximum Gasteiger partial charge on any atom is 0.387 e. The Morgan fingerprint density at radius 2 is 1.90 bits per heavy atom. The summed E-state index contributed by atoms with van der Waals surface area (Å²) in [5.74, 6) is 0.608. The molecule has 0 aliphatic heterocycles. The van der Waals surface area contributed by atoms with Gasteiger partial charge in [0.2, 0.25) is 0 Å². The topological polar surface area (TPSA) is 56.5 Å². The number of anilines is 3. The van der Waals surface area contributed by atoms with Crippen LogP contribution in [0.15, 0.2) is 42.5 Å². The fraction of sp³-hybridized carbons (Fsp3) is 0.200. The molecule has 4 nitrogen and oxygen atoms in total. The summed E-state index contributed by atoms with van der Waals surface area (Å²) < 4.78 is 34.6. The maximum atomic E-state index is 12.4. The van der Waals surface area contributed by atoms with Crippen molar-refractivity contribution in [2.45, 2.75) is 13.5 Å². The summed E-state index contributed by atoms with van der Waals surface area (Å²) in [7, 11) is 0. The number of nitrogens with one attached hydrogen (secondary N) is 1. The van der Waals surface area contributed by atoms with Crippen LogP contribution < -0.4 is 20.5 Å². The summed E-state index contributed by atoms with van der Waals surface area (Å²) in [6.45, 7) is -0.539. The Labute approximate surface area is 121 Å². The summed E-state index contributed by atoms with van der Waals surface area (Å²) >= 11 is 0. The van der Waals surface area contributed by atoms with Crippen molar-refractivity contribution in [2.24, 2.45) is 0 Å². The lowest BCUT2D eigenvalue weighted by atomic mass is 10.2. The quantitative estimate of drug-likeness (QED) is 0.790. The van der Waals surface area contributed by atoms with E-state index in [1.165, 1.54) is 6.07 Å². The van der Waals surface area contributed by atoms with Crippen LogP contribution in [-0.2, 0) is 0 Å². The van der Waals surface area contributed by atoms with Crippen molar-refractivity contribution in [1.29, 1.82) is 0 Å². The van der Waals surface area contributed by atoms with E-state index in [9.17, 15) is 8.78 Å². The van der Waals surface area contributed by atoms with Crippen LogP contribution in [0.2, 0.25) is 0 Å². The molecule has 0 bridgehead atoms. The number of rotatable bonds is 6. The summed E-state index contributed by atoms with van der Waals surface area (Å²) in [5.41, 5.74) is 7.40. The number of ether oxygens (including phenoxy) is 2. The molecular formula is C15H16F2N2O2. The Morgan fingerprint density at radius 1 is 1.14 bits per heavy atom. The second-order valence-electron chi connectivity index (χ2n) is 4.19. The lowest BCUT2D eigenvalue weighted by Gasteiger charge is -2.14. The van der Waals surface area contributed by atoms with Gasteiger partial charge >= 0.3 is 6.61 Å². The van der Waals surface area contributed by atoms with Gasteiger partial charge in [-0.1, -0.05) is 12.1 Å². The van der Waals surface area contributed by atoms with Crippen molar-refractivity contribution in [3.63, 3.8) is 0 Å². The van der Waals surface area contributed by atoms with Gasteiger partial charge in [-0.05, 0) is 31.2 Å². The summed E-state index contributed by atoms with van der Waals surface area (Å²) in [5, 5.41) is 3.01. The molecule has 2 aromatic rings. The molecule has 112 valence electrons. The first-order valence-electron chi connectivity index (χ1n) is 6.43. The normalized spacial score (nSPS) is 10.5. The molecule has 0 aliphatic rings. The smallest absolute Gasteiger partial charge is 0.387 e. The van der Waals surface area contributed by atoms with Crippen molar-refractivity contribution in [3.8, 4) is 11.5 Å². The standard InChI is InChI=1S/C15H16F2N2O2/c1-2-20-14-9-10(7-8-11(14)18)19-12-5-3-4-6-13(12)21-15(16)17/h3-9,15,19H,2,18H2,1H3. The van der Waals surface area contributed by atoms with E-state index in [4.69, 9.17) is 10.5 Å². The molecule has 0 radical (unpaired) electrons. The molecule has 3 N–H and O–H groups in total. The monoisotopic (exact) mass is 294 g/mol. The van der Waals surface area contributed by atoms with Gasteiger partial charge in [-0.3, -0.25) is 0 Å². The van der Waals surface area contributed by atoms with Crippen LogP contribution in [0.4, 0.5) is 25.8 Å². The molecule has 6 heteroatoms. The zero-order valence-corrected chi connectivity index (χ0v) is 11.5. The Balaban J connectivity index is 2.24. The lowest BCUT2D eigenvalue weighted by Crippen LogP contribution is -2.04. The first-order valence-corrected chi connectivity index (χ1v) is 6.43. The van der Waals surface area contributed by atoms with Gasteiger partial charge in [0.1, 0.15) is 11.5 Å². The van der Waals surface area contributed by atoms with Crippen LogP contribution in [-0.4, -0.2) is 13.2 Å². The third-order valence-corrected chi connectivity index (χ3v) is 2.70. The van der Waals surface area contributed by atoms with Crippen LogP contribution >= 0.6 is 0 Å². The van der Waals surface area contributed by atoms with E-state index in [0.29, 0.717) is 29.4 Å². The highest BCUT2D eigenvalue weighted by Gasteiger charge is 2.10. The summed E-state index contributed by atoms with van der Waals surface area (Å²) in [6, 6.07) is 11.6. The minimum atomic E-state index is -2.88. The Bertz CT molecular complexity index is 606. The predicted octanol–water partition coefficient (Wildman–Crippen LogP) is 4.01. The van der Waals surface area contributed by atoms with Crippen LogP contribution in [0.25, 0.3) is 0 Å². The molecule has 0 amide bonds. The maximum absolute atomic E-state index is 12.4. The van der Waals surface area contributed by atoms with Gasteiger partial charge in [0, 0.05) is 11.8 Å². The highest BCUT2D eigenvalue weighted by Crippen LogP contribution is 2.32. The van der Waals surface area contributed by atoms with Crippen molar-refractivity contribution < 1.29 is 18.3 Å². The van der Waals surface area contributed by atoms with Crippen LogP contribution in [0, 0.1) is 0 Å². The molecule has 0 saturated carbocycles. The van der Waals surface area contributed by atoms with E-state index < -0.39 is 6.61 Å². The van der Waals surface area contributed by atoms with Gasteiger partial charge in [-0.25, -0.2) is 0 Å². The lowest BCUT2D eigenvalue weighted by molar-refractivity contribution is -0.0493. The number of nitrogen functional groups attached to an aromatic ring is 1. The third kappa shape index (κ3) is 3.98. The Kier molecular flexibility index (Phi) is 4.81. The molecule has 0 unspecified atom stereocenters. The van der Waals surface area contributed by atoms with Crippen molar-refractivity contribution in [1.82, 2.24) is 0 Å². The number of para-hydroxylation sites is 2. The van der Waals surface area contributed by atoms with Crippen molar-refractivity contribution in [3.05, 3.63) is 42.5 Å². The fourth-order valence-corrected chi connectivity index (χ4v) is 1.82. The minimum Gasteiger partial charge on any atom is -0.492 e. The molecule has 0 atom stereocenters. The number of hydrogen-bond donors (Lipinski definition) is 2. The number of benzene rings is 2. The average Bonchev–Trinajstić information content (AvgIpc) is 2.44. The number of alkyl halides is 2. The molecule has 0 aromatic heterocycles. The van der Waals surface area contributed by atoms with E-state index in [1.54, 1.807) is 36.4 Å². The van der Waals surface area contributed by atoms with Gasteiger partial charge < -0.3 is 20.5 Å². The van der Waals surface area contributed by atoms with Gasteiger partial charge in [0.05, 0.1) is 18.0 Å². The van der Waals surface area contributed by atoms with Gasteiger partial charge in [-0.2, -0.15) is 8.78 Å². The zero-order chi connectivity index (χ0) is 15.2. The zero-order valence-electron chi connectivity index (χ0n) is 11.5. The highest BCUT2D eigenvalue weighted by atomic mass is 19.3. The number of halogens is 2. The molecular weight excluding hydrogens is 278 g/mol. The van der Waals surface area contributed by atoms with E-state index in [-0.39, 0.29) is 5.75 Å². The summed E-state index contributed by atoms with van der Waals surface area (Å²) in [4.78, 5) is 0. The molecule has 0 heterocycles. The number of hydrogen-bond acceptors (Lipinski definition) is 4. The SMILES string of the molecule is CCOc1cc(Nc2ccccc2OC(F)F)ccc1N. The Morgan fingerprint density at radius 3 is 2.62 bits per heavy atom. The molecule has 0 spiro atoms. The van der Waals surface area contributed by atoms with E-state index >= 15 is 0 Å². The predicted molar refractivity (Wildman–Crippen MR) is 78.4 cm³/mol. The van der Waals surface area contributed by atoms with Crippen molar-refractivity contribution in [2.75, 3.05) is 17.7 Å². The largest absolute Gasteiger partial charge is 0.492 e. The molecule has 2 aromatic carbocycles. The fourth-order valence-electron chi connectivity index (χ4n) is 1.82. The summed E-state index contributed by atoms with van der Waals surface area (Å²) in [6.07, 6.45) is 0. The molecule has 0 aliphatic carbocycles. The van der Waals surface area contributed by atoms with Crippen LogP contribution in [0.1, 0.15) is 6.92 Å². The first-order chi connectivity index (χ1) is 10.1. The van der Waals surface area contributed by atoms with Crippen LogP contribution in [0.5, 0.6) is 11.5 Å². The van der Waals surface area contributed by atoms with Gasteiger partial charge in [0.15, 0.2) is 0 Å². The van der Waals surface area contributed by atoms with E-state index in [0.717, 1.165) is 0 Å². The number of nitrogens with two attached hydrogens (primary N) is 1. The Hall–Kier alpha value is -2.50. The van der Waals surface area contributed by atoms with Crippen molar-refractivity contribution >= 4 is 17.1 Å². The molecule has 2 rings (SSSR count). The van der Waals surface area contributed by atoms with E-state index in [1.807, 2.05) is 6.92 Å². The van der Waals surface area contributed by atoms with E-state index in [2.05, 4.69) is 10.1 Å². The third-order valence-electron chi connectivity index (χ3n) is 2.70.